The van der Waals surface area contributed by atoms with Gasteiger partial charge in [0, 0.05) is 31.8 Å². The van der Waals surface area contributed by atoms with Gasteiger partial charge < -0.3 is 19.1 Å². The van der Waals surface area contributed by atoms with E-state index in [0.29, 0.717) is 29.0 Å². The molecule has 34 heavy (non-hydrogen) atoms. The van der Waals surface area contributed by atoms with Crippen LogP contribution in [0.1, 0.15) is 87.7 Å². The minimum absolute atomic E-state index is 0.385. The number of fused-ring (bicyclic) bond motifs is 1. The Bertz CT molecular complexity index is 975. The van der Waals surface area contributed by atoms with Crippen molar-refractivity contribution in [3.05, 3.63) is 59.2 Å². The highest BCUT2D eigenvalue weighted by atomic mass is 16.7. The van der Waals surface area contributed by atoms with Crippen molar-refractivity contribution in [2.75, 3.05) is 24.6 Å². The first-order valence-electron chi connectivity index (χ1n) is 12.5. The van der Waals surface area contributed by atoms with Crippen LogP contribution in [0.5, 0.6) is 5.75 Å². The molecule has 1 atom stereocenters. The molecule has 2 aromatic carbocycles. The average Bonchev–Trinajstić information content (AvgIpc) is 3.10. The molecule has 0 fully saturated rings. The smallest absolute Gasteiger partial charge is 0.342 e. The Labute approximate surface area is 203 Å². The summed E-state index contributed by atoms with van der Waals surface area (Å²) in [6, 6.07) is 12.9. The highest BCUT2D eigenvalue weighted by molar-refractivity contribution is 5.95. The summed E-state index contributed by atoms with van der Waals surface area (Å²) >= 11 is 0. The summed E-state index contributed by atoms with van der Waals surface area (Å²) < 4.78 is 17.6. The lowest BCUT2D eigenvalue weighted by Gasteiger charge is -2.31. The largest absolute Gasteiger partial charge is 0.493 e. The van der Waals surface area contributed by atoms with E-state index in [1.807, 2.05) is 25.1 Å². The molecule has 0 bridgehead atoms. The lowest BCUT2D eigenvalue weighted by molar-refractivity contribution is -0.191. The number of carbonyl (C=O) groups is 2. The zero-order valence-electron chi connectivity index (χ0n) is 20.9. The van der Waals surface area contributed by atoms with Crippen LogP contribution in [0, 0.1) is 0 Å². The van der Waals surface area contributed by atoms with Gasteiger partial charge in [0.2, 0.25) is 0 Å². The van der Waals surface area contributed by atoms with Gasteiger partial charge in [-0.15, -0.1) is 0 Å². The summed E-state index contributed by atoms with van der Waals surface area (Å²) in [6.45, 7) is 9.99. The molecule has 3 rings (SSSR count). The molecule has 0 saturated carbocycles. The van der Waals surface area contributed by atoms with Crippen LogP contribution in [0.4, 0.5) is 5.69 Å². The molecule has 1 aliphatic heterocycles. The summed E-state index contributed by atoms with van der Waals surface area (Å²) in [7, 11) is 0. The lowest BCUT2D eigenvalue weighted by atomic mass is 9.94. The summed E-state index contributed by atoms with van der Waals surface area (Å²) in [5.41, 5.74) is 2.45. The van der Waals surface area contributed by atoms with Gasteiger partial charge in [0.25, 0.3) is 0 Å². The molecule has 6 heteroatoms. The second-order valence-corrected chi connectivity index (χ2v) is 8.66. The van der Waals surface area contributed by atoms with Crippen LogP contribution in [0.25, 0.3) is 0 Å². The maximum Gasteiger partial charge on any atom is 0.342 e. The summed E-state index contributed by atoms with van der Waals surface area (Å²) in [5.74, 6) is -2.19. The zero-order valence-corrected chi connectivity index (χ0v) is 20.9. The first-order valence-corrected chi connectivity index (χ1v) is 12.5. The fourth-order valence-electron chi connectivity index (χ4n) is 4.45. The van der Waals surface area contributed by atoms with E-state index in [1.54, 1.807) is 24.3 Å². The quantitative estimate of drug-likeness (QED) is 0.258. The Balaban J connectivity index is 2.06. The fourth-order valence-corrected chi connectivity index (χ4v) is 4.45. The first-order chi connectivity index (χ1) is 16.5. The minimum atomic E-state index is -1.67. The molecule has 0 aliphatic carbocycles. The van der Waals surface area contributed by atoms with Gasteiger partial charge in [-0.05, 0) is 44.0 Å². The van der Waals surface area contributed by atoms with E-state index >= 15 is 0 Å². The molecule has 2 aromatic rings. The van der Waals surface area contributed by atoms with Gasteiger partial charge in [-0.1, -0.05) is 51.7 Å². The van der Waals surface area contributed by atoms with Crippen molar-refractivity contribution in [1.82, 2.24) is 0 Å². The third kappa shape index (κ3) is 5.54. The topological polar surface area (TPSA) is 65.1 Å². The number of hydrogen-bond donors (Lipinski definition) is 0. The number of unbranched alkanes of at least 4 members (excludes halogenated alkanes) is 4. The van der Waals surface area contributed by atoms with Crippen LogP contribution in [0.3, 0.4) is 0 Å². The third-order valence-corrected chi connectivity index (χ3v) is 6.07. The fraction of sp³-hybridized carbons (Fsp3) is 0.500. The standard InChI is InChI=1S/C28H37NO5/c1-5-8-12-18-29(19-13-9-6-2)22-16-17-25(26(20-22)32-7-3)28(33-21(4)30)24-15-11-10-14-23(24)27(31)34-28/h10-11,14-17,20H,5-9,12-13,18-19H2,1-4H3. The molecule has 0 aromatic heterocycles. The molecule has 184 valence electrons. The van der Waals surface area contributed by atoms with Crippen LogP contribution in [-0.2, 0) is 20.1 Å². The monoisotopic (exact) mass is 467 g/mol. The van der Waals surface area contributed by atoms with Crippen molar-refractivity contribution in [3.8, 4) is 5.75 Å². The van der Waals surface area contributed by atoms with Crippen LogP contribution in [0.15, 0.2) is 42.5 Å². The SMILES string of the molecule is CCCCCN(CCCCC)c1ccc(C2(OC(C)=O)OC(=O)c3ccccc32)c(OCC)c1. The van der Waals surface area contributed by atoms with E-state index in [-0.39, 0.29) is 0 Å². The van der Waals surface area contributed by atoms with Crippen molar-refractivity contribution in [3.63, 3.8) is 0 Å². The van der Waals surface area contributed by atoms with Gasteiger partial charge in [-0.2, -0.15) is 0 Å². The molecule has 0 saturated heterocycles. The first kappa shape index (κ1) is 25.6. The van der Waals surface area contributed by atoms with Crippen LogP contribution in [-0.4, -0.2) is 31.6 Å². The second-order valence-electron chi connectivity index (χ2n) is 8.66. The zero-order chi connectivity index (χ0) is 24.6. The summed E-state index contributed by atoms with van der Waals surface area (Å²) in [5, 5.41) is 0. The van der Waals surface area contributed by atoms with Gasteiger partial charge in [-0.25, -0.2) is 4.79 Å². The van der Waals surface area contributed by atoms with E-state index in [4.69, 9.17) is 14.2 Å². The number of ether oxygens (including phenoxy) is 3. The van der Waals surface area contributed by atoms with Gasteiger partial charge >= 0.3 is 17.7 Å². The number of cyclic esters (lactones) is 1. The third-order valence-electron chi connectivity index (χ3n) is 6.07. The Hall–Kier alpha value is -3.02. The van der Waals surface area contributed by atoms with Crippen LogP contribution < -0.4 is 9.64 Å². The Morgan fingerprint density at radius 2 is 1.62 bits per heavy atom. The van der Waals surface area contributed by atoms with Gasteiger partial charge in [0.15, 0.2) is 0 Å². The minimum Gasteiger partial charge on any atom is -0.493 e. The van der Waals surface area contributed by atoms with E-state index < -0.39 is 17.7 Å². The number of anilines is 1. The molecule has 0 radical (unpaired) electrons. The second kappa shape index (κ2) is 11.9. The Morgan fingerprint density at radius 1 is 0.941 bits per heavy atom. The number of rotatable bonds is 13. The lowest BCUT2D eigenvalue weighted by Crippen LogP contribution is -2.34. The van der Waals surface area contributed by atoms with Crippen molar-refractivity contribution >= 4 is 17.6 Å². The molecular weight excluding hydrogens is 430 g/mol. The number of carbonyl (C=O) groups excluding carboxylic acids is 2. The van der Waals surface area contributed by atoms with Crippen molar-refractivity contribution in [1.29, 1.82) is 0 Å². The van der Waals surface area contributed by atoms with Gasteiger partial charge in [0.1, 0.15) is 5.75 Å². The number of nitrogens with zero attached hydrogens (tertiary/aromatic N) is 1. The molecule has 6 nitrogen and oxygen atoms in total. The molecule has 1 heterocycles. The number of hydrogen-bond acceptors (Lipinski definition) is 6. The molecule has 1 unspecified atom stereocenters. The van der Waals surface area contributed by atoms with E-state index in [2.05, 4.69) is 18.7 Å². The predicted molar refractivity (Wildman–Crippen MR) is 133 cm³/mol. The predicted octanol–water partition coefficient (Wildman–Crippen LogP) is 6.21. The molecular formula is C28H37NO5. The molecule has 1 aliphatic rings. The normalized spacial score (nSPS) is 16.6. The Kier molecular flexibility index (Phi) is 8.97. The van der Waals surface area contributed by atoms with E-state index in [0.717, 1.165) is 31.6 Å². The van der Waals surface area contributed by atoms with Crippen molar-refractivity contribution in [2.24, 2.45) is 0 Å². The highest BCUT2D eigenvalue weighted by Gasteiger charge is 2.52. The maximum absolute atomic E-state index is 12.7. The van der Waals surface area contributed by atoms with Crippen LogP contribution >= 0.6 is 0 Å². The summed E-state index contributed by atoms with van der Waals surface area (Å²) in [4.78, 5) is 27.3. The van der Waals surface area contributed by atoms with Crippen molar-refractivity contribution in [2.45, 2.75) is 72.0 Å². The van der Waals surface area contributed by atoms with E-state index in [9.17, 15) is 9.59 Å². The highest BCUT2D eigenvalue weighted by Crippen LogP contribution is 2.47. The molecule has 0 spiro atoms. The number of benzene rings is 2. The van der Waals surface area contributed by atoms with Crippen molar-refractivity contribution < 1.29 is 23.8 Å². The van der Waals surface area contributed by atoms with Crippen LogP contribution in [0.2, 0.25) is 0 Å². The summed E-state index contributed by atoms with van der Waals surface area (Å²) in [6.07, 6.45) is 6.95. The maximum atomic E-state index is 12.7. The van der Waals surface area contributed by atoms with Gasteiger partial charge in [-0.3, -0.25) is 4.79 Å². The Morgan fingerprint density at radius 3 is 2.24 bits per heavy atom. The number of esters is 2. The van der Waals surface area contributed by atoms with Gasteiger partial charge in [0.05, 0.1) is 23.3 Å². The van der Waals surface area contributed by atoms with E-state index in [1.165, 1.54) is 32.6 Å². The average molecular weight is 468 g/mol. The molecule has 0 amide bonds. The molecule has 0 N–H and O–H groups in total.